The Labute approximate surface area is 120 Å². The van der Waals surface area contributed by atoms with Crippen molar-refractivity contribution in [3.8, 4) is 0 Å². The van der Waals surface area contributed by atoms with E-state index < -0.39 is 0 Å². The summed E-state index contributed by atoms with van der Waals surface area (Å²) in [6.45, 7) is 8.05. The largest absolute Gasteiger partial charge is 0.370 e. The van der Waals surface area contributed by atoms with Crippen LogP contribution in [0.2, 0.25) is 0 Å². The van der Waals surface area contributed by atoms with Crippen LogP contribution in [-0.4, -0.2) is 47.2 Å². The van der Waals surface area contributed by atoms with Crippen LogP contribution in [0.4, 0.5) is 5.82 Å². The van der Waals surface area contributed by atoms with E-state index in [1.54, 1.807) is 0 Å². The van der Waals surface area contributed by atoms with Crippen LogP contribution < -0.4 is 5.32 Å². The summed E-state index contributed by atoms with van der Waals surface area (Å²) in [6.07, 6.45) is 3.67. The van der Waals surface area contributed by atoms with Gasteiger partial charge in [0.25, 0.3) is 0 Å². The number of nitrogens with zero attached hydrogens (tertiary/aromatic N) is 3. The quantitative estimate of drug-likeness (QED) is 0.913. The second-order valence-corrected chi connectivity index (χ2v) is 5.79. The number of ether oxygens (including phenoxy) is 1. The van der Waals surface area contributed by atoms with E-state index in [0.717, 1.165) is 43.5 Å². The molecule has 3 rings (SSSR count). The third kappa shape index (κ3) is 2.94. The van der Waals surface area contributed by atoms with Gasteiger partial charge in [-0.1, -0.05) is 6.92 Å². The molecule has 0 radical (unpaired) electrons. The van der Waals surface area contributed by atoms with E-state index in [1.165, 1.54) is 19.4 Å². The van der Waals surface area contributed by atoms with Gasteiger partial charge in [-0.05, 0) is 32.7 Å². The predicted molar refractivity (Wildman–Crippen MR) is 78.8 cm³/mol. The van der Waals surface area contributed by atoms with Crippen LogP contribution in [0.1, 0.15) is 43.8 Å². The zero-order valence-corrected chi connectivity index (χ0v) is 12.4. The lowest BCUT2D eigenvalue weighted by atomic mass is 10.2. The Morgan fingerprint density at radius 2 is 2.35 bits per heavy atom. The second-order valence-electron chi connectivity index (χ2n) is 5.79. The molecule has 110 valence electrons. The maximum Gasteiger partial charge on any atom is 0.161 e. The first-order valence-corrected chi connectivity index (χ1v) is 7.71. The standard InChI is InChI=1S/C15H24N4O/c1-3-6-16-14-8-11(2)17-15(18-14)13-9-19-7-4-5-12(19)10-20-13/h8,12-13H,3-7,9-10H2,1-2H3,(H,16,17,18). The second kappa shape index (κ2) is 6.06. The molecule has 2 aliphatic rings. The summed E-state index contributed by atoms with van der Waals surface area (Å²) in [5.41, 5.74) is 1.00. The van der Waals surface area contributed by atoms with Gasteiger partial charge in [0.1, 0.15) is 11.9 Å². The summed E-state index contributed by atoms with van der Waals surface area (Å²) in [5.74, 6) is 1.75. The van der Waals surface area contributed by atoms with Crippen LogP contribution in [0, 0.1) is 6.92 Å². The molecule has 3 heterocycles. The van der Waals surface area contributed by atoms with Crippen LogP contribution in [-0.2, 0) is 4.74 Å². The molecule has 1 aromatic heterocycles. The van der Waals surface area contributed by atoms with Gasteiger partial charge >= 0.3 is 0 Å². The Balaban J connectivity index is 1.74. The average molecular weight is 276 g/mol. The lowest BCUT2D eigenvalue weighted by Crippen LogP contribution is -2.42. The number of hydrogen-bond acceptors (Lipinski definition) is 5. The van der Waals surface area contributed by atoms with Gasteiger partial charge in [-0.15, -0.1) is 0 Å². The van der Waals surface area contributed by atoms with E-state index in [1.807, 2.05) is 13.0 Å². The highest BCUT2D eigenvalue weighted by Gasteiger charge is 2.34. The van der Waals surface area contributed by atoms with Crippen LogP contribution >= 0.6 is 0 Å². The van der Waals surface area contributed by atoms with Crippen molar-refractivity contribution in [1.29, 1.82) is 0 Å². The SMILES string of the molecule is CCCNc1cc(C)nc(C2CN3CCCC3CO2)n1. The monoisotopic (exact) mass is 276 g/mol. The van der Waals surface area contributed by atoms with Gasteiger partial charge in [0.15, 0.2) is 5.82 Å². The van der Waals surface area contributed by atoms with Gasteiger partial charge in [-0.2, -0.15) is 0 Å². The maximum atomic E-state index is 6.00. The lowest BCUT2D eigenvalue weighted by molar-refractivity contribution is -0.0541. The summed E-state index contributed by atoms with van der Waals surface area (Å²) in [6, 6.07) is 2.62. The molecule has 0 spiro atoms. The first-order valence-electron chi connectivity index (χ1n) is 7.71. The molecule has 2 aliphatic heterocycles. The molecule has 2 unspecified atom stereocenters. The van der Waals surface area contributed by atoms with E-state index in [2.05, 4.69) is 27.1 Å². The van der Waals surface area contributed by atoms with Crippen molar-refractivity contribution >= 4 is 5.82 Å². The van der Waals surface area contributed by atoms with Gasteiger partial charge in [-0.25, -0.2) is 9.97 Å². The smallest absolute Gasteiger partial charge is 0.161 e. The highest BCUT2D eigenvalue weighted by atomic mass is 16.5. The Morgan fingerprint density at radius 3 is 3.20 bits per heavy atom. The molecule has 5 nitrogen and oxygen atoms in total. The molecular formula is C15H24N4O. The number of rotatable bonds is 4. The van der Waals surface area contributed by atoms with Crippen molar-refractivity contribution in [3.05, 3.63) is 17.6 Å². The highest BCUT2D eigenvalue weighted by molar-refractivity contribution is 5.36. The van der Waals surface area contributed by atoms with E-state index in [0.29, 0.717) is 6.04 Å². The fraction of sp³-hybridized carbons (Fsp3) is 0.733. The number of hydrogen-bond donors (Lipinski definition) is 1. The molecule has 0 bridgehead atoms. The first kappa shape index (κ1) is 13.8. The number of morpholine rings is 1. The van der Waals surface area contributed by atoms with Gasteiger partial charge in [0, 0.05) is 30.9 Å². The molecule has 0 aromatic carbocycles. The molecule has 1 N–H and O–H groups in total. The molecule has 0 aliphatic carbocycles. The van der Waals surface area contributed by atoms with E-state index in [-0.39, 0.29) is 6.10 Å². The Kier molecular flexibility index (Phi) is 4.17. The minimum atomic E-state index is 0.0198. The van der Waals surface area contributed by atoms with E-state index in [9.17, 15) is 0 Å². The van der Waals surface area contributed by atoms with Crippen LogP contribution in [0.3, 0.4) is 0 Å². The third-order valence-corrected chi connectivity index (χ3v) is 4.10. The van der Waals surface area contributed by atoms with Crippen molar-refractivity contribution in [2.75, 3.05) is 31.6 Å². The van der Waals surface area contributed by atoms with Crippen molar-refractivity contribution in [3.63, 3.8) is 0 Å². The summed E-state index contributed by atoms with van der Waals surface area (Å²) in [5, 5.41) is 3.34. The van der Waals surface area contributed by atoms with Gasteiger partial charge in [-0.3, -0.25) is 4.90 Å². The summed E-state index contributed by atoms with van der Waals surface area (Å²) < 4.78 is 6.00. The lowest BCUT2D eigenvalue weighted by Gasteiger charge is -2.34. The zero-order valence-electron chi connectivity index (χ0n) is 12.4. The summed E-state index contributed by atoms with van der Waals surface area (Å²) >= 11 is 0. The van der Waals surface area contributed by atoms with Gasteiger partial charge in [0.05, 0.1) is 6.61 Å². The van der Waals surface area contributed by atoms with Crippen LogP contribution in [0.5, 0.6) is 0 Å². The Morgan fingerprint density at radius 1 is 1.45 bits per heavy atom. The zero-order chi connectivity index (χ0) is 13.9. The molecule has 2 fully saturated rings. The predicted octanol–water partition coefficient (Wildman–Crippen LogP) is 2.14. The average Bonchev–Trinajstić information content (AvgIpc) is 2.92. The number of aryl methyl sites for hydroxylation is 1. The fourth-order valence-electron chi connectivity index (χ4n) is 3.05. The molecule has 5 heteroatoms. The summed E-state index contributed by atoms with van der Waals surface area (Å²) in [7, 11) is 0. The topological polar surface area (TPSA) is 50.3 Å². The number of fused-ring (bicyclic) bond motifs is 1. The van der Waals surface area contributed by atoms with Crippen molar-refractivity contribution in [2.24, 2.45) is 0 Å². The number of anilines is 1. The molecule has 20 heavy (non-hydrogen) atoms. The Bertz CT molecular complexity index is 465. The normalized spacial score (nSPS) is 26.5. The minimum absolute atomic E-state index is 0.0198. The molecular weight excluding hydrogens is 252 g/mol. The Hall–Kier alpha value is -1.20. The van der Waals surface area contributed by atoms with Gasteiger partial charge < -0.3 is 10.1 Å². The molecule has 2 atom stereocenters. The first-order chi connectivity index (χ1) is 9.76. The number of aromatic nitrogens is 2. The van der Waals surface area contributed by atoms with Crippen molar-refractivity contribution < 1.29 is 4.74 Å². The van der Waals surface area contributed by atoms with Crippen LogP contribution in [0.25, 0.3) is 0 Å². The fourth-order valence-corrected chi connectivity index (χ4v) is 3.05. The van der Waals surface area contributed by atoms with Gasteiger partial charge in [0.2, 0.25) is 0 Å². The highest BCUT2D eigenvalue weighted by Crippen LogP contribution is 2.29. The van der Waals surface area contributed by atoms with Crippen molar-refractivity contribution in [1.82, 2.24) is 14.9 Å². The van der Waals surface area contributed by atoms with E-state index >= 15 is 0 Å². The van der Waals surface area contributed by atoms with E-state index in [4.69, 9.17) is 4.74 Å². The minimum Gasteiger partial charge on any atom is -0.370 e. The van der Waals surface area contributed by atoms with Crippen molar-refractivity contribution in [2.45, 2.75) is 45.3 Å². The summed E-state index contributed by atoms with van der Waals surface area (Å²) in [4.78, 5) is 11.7. The van der Waals surface area contributed by atoms with Crippen LogP contribution in [0.15, 0.2) is 6.07 Å². The molecule has 2 saturated heterocycles. The molecule has 0 amide bonds. The molecule has 0 saturated carbocycles. The molecule has 1 aromatic rings. The number of nitrogens with one attached hydrogen (secondary N) is 1. The third-order valence-electron chi connectivity index (χ3n) is 4.10. The maximum absolute atomic E-state index is 6.00.